The lowest BCUT2D eigenvalue weighted by molar-refractivity contribution is -0.186. The number of ether oxygens (including phenoxy) is 4. The van der Waals surface area contributed by atoms with Gasteiger partial charge in [0.15, 0.2) is 0 Å². The van der Waals surface area contributed by atoms with Crippen molar-refractivity contribution in [1.29, 1.82) is 0 Å². The van der Waals surface area contributed by atoms with E-state index in [0.717, 1.165) is 65.0 Å². The standard InChI is InChI=1S/C34H74O4S3Si2/c1-7-13-19-31-42-33(35-25-15-9-3,36-26-16-10-4)23-21-29-39-41-40-30-22-24-34(37-27-17-11-5,38-28-18-12-6)43-32-20-14-8-2/h7-32,42-43H2,1-6H3. The zero-order valence-electron chi connectivity index (χ0n) is 29.7. The van der Waals surface area contributed by atoms with Crippen LogP contribution in [0.25, 0.3) is 0 Å². The molecule has 0 unspecified atom stereocenters. The van der Waals surface area contributed by atoms with Crippen molar-refractivity contribution in [3.63, 3.8) is 0 Å². The molecule has 4 nitrogen and oxygen atoms in total. The van der Waals surface area contributed by atoms with E-state index in [1.807, 2.05) is 31.4 Å². The Balaban J connectivity index is 4.74. The van der Waals surface area contributed by atoms with Crippen molar-refractivity contribution in [2.45, 2.75) is 180 Å². The molecule has 0 aliphatic heterocycles. The number of hydrogen-bond donors (Lipinski definition) is 0. The summed E-state index contributed by atoms with van der Waals surface area (Å²) < 4.78 is 26.4. The highest BCUT2D eigenvalue weighted by Crippen LogP contribution is 2.37. The fraction of sp³-hybridized carbons (Fsp3) is 1.00. The normalized spacial score (nSPS) is 13.0. The molecule has 43 heavy (non-hydrogen) atoms. The van der Waals surface area contributed by atoms with Crippen LogP contribution < -0.4 is 0 Å². The molecule has 9 heteroatoms. The predicted molar refractivity (Wildman–Crippen MR) is 206 cm³/mol. The lowest BCUT2D eigenvalue weighted by Crippen LogP contribution is -2.43. The largest absolute Gasteiger partial charge is 0.354 e. The van der Waals surface area contributed by atoms with Gasteiger partial charge >= 0.3 is 0 Å². The van der Waals surface area contributed by atoms with Crippen molar-refractivity contribution >= 4 is 50.5 Å². The molecule has 0 amide bonds. The van der Waals surface area contributed by atoms with Gasteiger partial charge in [0.05, 0.1) is 19.0 Å². The van der Waals surface area contributed by atoms with Crippen LogP contribution >= 0.6 is 31.4 Å². The Hall–Kier alpha value is 1.32. The van der Waals surface area contributed by atoms with Gasteiger partial charge in [0, 0.05) is 37.9 Å². The summed E-state index contributed by atoms with van der Waals surface area (Å²) in [5, 5.41) is 0. The van der Waals surface area contributed by atoms with E-state index in [0.29, 0.717) is 0 Å². The van der Waals surface area contributed by atoms with E-state index in [1.165, 1.54) is 101 Å². The van der Waals surface area contributed by atoms with Crippen LogP contribution in [0.3, 0.4) is 0 Å². The summed E-state index contributed by atoms with van der Waals surface area (Å²) in [6.07, 6.45) is 21.8. The molecule has 0 saturated carbocycles. The monoisotopic (exact) mass is 698 g/mol. The summed E-state index contributed by atoms with van der Waals surface area (Å²) in [7, 11) is 5.16. The van der Waals surface area contributed by atoms with Gasteiger partial charge in [0.25, 0.3) is 0 Å². The first kappa shape index (κ1) is 44.3. The smallest absolute Gasteiger partial charge is 0.145 e. The second kappa shape index (κ2) is 33.2. The maximum Gasteiger partial charge on any atom is 0.145 e. The molecule has 0 aromatic carbocycles. The maximum absolute atomic E-state index is 6.60. The molecule has 0 aromatic rings. The predicted octanol–water partition coefficient (Wildman–Crippen LogP) is 10.7. The highest BCUT2D eigenvalue weighted by molar-refractivity contribution is 9.09. The van der Waals surface area contributed by atoms with Gasteiger partial charge in [-0.15, -0.1) is 0 Å². The van der Waals surface area contributed by atoms with E-state index >= 15 is 0 Å². The third kappa shape index (κ3) is 26.0. The van der Waals surface area contributed by atoms with E-state index in [-0.39, 0.29) is 10.8 Å². The molecule has 0 aliphatic rings. The molecule has 0 rings (SSSR count). The third-order valence-electron chi connectivity index (χ3n) is 7.94. The van der Waals surface area contributed by atoms with Gasteiger partial charge in [-0.2, -0.15) is 0 Å². The molecule has 0 N–H and O–H groups in total. The van der Waals surface area contributed by atoms with Crippen LogP contribution in [0.1, 0.15) is 157 Å². The van der Waals surface area contributed by atoms with Crippen LogP contribution in [0.15, 0.2) is 0 Å². The van der Waals surface area contributed by atoms with Gasteiger partial charge in [-0.25, -0.2) is 0 Å². The summed E-state index contributed by atoms with van der Waals surface area (Å²) in [6.45, 7) is 17.0. The SMILES string of the molecule is CCCCC[SiH2]C(CCCSSSCCCC(OCCCC)(OCCCC)[SiH2]CCCCC)(OCCCC)OCCCC. The zero-order valence-corrected chi connectivity index (χ0v) is 34.9. The first-order chi connectivity index (χ1) is 21.1. The van der Waals surface area contributed by atoms with Crippen molar-refractivity contribution in [2.24, 2.45) is 0 Å². The Labute approximate surface area is 286 Å². The molecule has 0 spiro atoms. The van der Waals surface area contributed by atoms with Crippen LogP contribution in [0.2, 0.25) is 12.1 Å². The van der Waals surface area contributed by atoms with Gasteiger partial charge in [0.1, 0.15) is 10.8 Å². The molecule has 0 fully saturated rings. The Bertz CT molecular complexity index is 498. The van der Waals surface area contributed by atoms with Crippen LogP contribution in [-0.4, -0.2) is 67.8 Å². The van der Waals surface area contributed by atoms with E-state index in [2.05, 4.69) is 41.5 Å². The third-order valence-corrected chi connectivity index (χ3v) is 17.1. The summed E-state index contributed by atoms with van der Waals surface area (Å²) in [4.78, 5) is 0. The highest BCUT2D eigenvalue weighted by atomic mass is 33.5. The maximum atomic E-state index is 6.60. The van der Waals surface area contributed by atoms with E-state index in [9.17, 15) is 0 Å². The number of unbranched alkanes of at least 4 members (excludes halogenated alkanes) is 8. The van der Waals surface area contributed by atoms with Gasteiger partial charge in [-0.3, -0.25) is 0 Å². The summed E-state index contributed by atoms with van der Waals surface area (Å²) in [5.74, 6) is 2.34. The van der Waals surface area contributed by atoms with Crippen LogP contribution in [0.5, 0.6) is 0 Å². The molecule has 0 aliphatic carbocycles. The van der Waals surface area contributed by atoms with Crippen molar-refractivity contribution in [3.05, 3.63) is 0 Å². The Kier molecular flexibility index (Phi) is 34.3. The van der Waals surface area contributed by atoms with Gasteiger partial charge in [-0.1, -0.05) is 139 Å². The second-order valence-corrected chi connectivity index (χ2v) is 21.2. The summed E-state index contributed by atoms with van der Waals surface area (Å²) >= 11 is 0. The topological polar surface area (TPSA) is 36.9 Å². The minimum atomic E-state index is -0.434. The Morgan fingerprint density at radius 3 is 1.05 bits per heavy atom. The molecule has 260 valence electrons. The van der Waals surface area contributed by atoms with Crippen LogP contribution in [-0.2, 0) is 18.9 Å². The van der Waals surface area contributed by atoms with Crippen LogP contribution in [0.4, 0.5) is 0 Å². The minimum absolute atomic E-state index is 0.240. The molecular weight excluding hydrogens is 625 g/mol. The molecule has 0 radical (unpaired) electrons. The van der Waals surface area contributed by atoms with E-state index in [1.54, 1.807) is 0 Å². The van der Waals surface area contributed by atoms with Crippen molar-refractivity contribution in [1.82, 2.24) is 0 Å². The van der Waals surface area contributed by atoms with Gasteiger partial charge in [-0.05, 0) is 61.2 Å². The highest BCUT2D eigenvalue weighted by Gasteiger charge is 2.32. The lowest BCUT2D eigenvalue weighted by atomic mass is 10.3. The quantitative estimate of drug-likeness (QED) is 0.0279. The van der Waals surface area contributed by atoms with E-state index < -0.39 is 19.0 Å². The molecule has 0 atom stereocenters. The van der Waals surface area contributed by atoms with Gasteiger partial charge in [0.2, 0.25) is 0 Å². The van der Waals surface area contributed by atoms with Crippen LogP contribution in [0, 0.1) is 0 Å². The van der Waals surface area contributed by atoms with Crippen molar-refractivity contribution < 1.29 is 18.9 Å². The molecule has 0 heterocycles. The fourth-order valence-corrected chi connectivity index (χ4v) is 13.4. The Morgan fingerprint density at radius 1 is 0.419 bits per heavy atom. The molecule has 0 aromatic heterocycles. The van der Waals surface area contributed by atoms with Crippen molar-refractivity contribution in [2.75, 3.05) is 37.9 Å². The first-order valence-corrected chi connectivity index (χ1v) is 25.8. The summed E-state index contributed by atoms with van der Waals surface area (Å²) in [6, 6.07) is 2.69. The fourth-order valence-electron chi connectivity index (χ4n) is 5.07. The molecule has 0 saturated heterocycles. The van der Waals surface area contributed by atoms with Gasteiger partial charge < -0.3 is 18.9 Å². The number of rotatable bonds is 36. The summed E-state index contributed by atoms with van der Waals surface area (Å²) in [5.41, 5.74) is -0.479. The second-order valence-electron chi connectivity index (χ2n) is 12.2. The van der Waals surface area contributed by atoms with Crippen molar-refractivity contribution in [3.8, 4) is 0 Å². The average molecular weight is 699 g/mol. The minimum Gasteiger partial charge on any atom is -0.354 e. The number of hydrogen-bond acceptors (Lipinski definition) is 7. The Morgan fingerprint density at radius 2 is 0.744 bits per heavy atom. The average Bonchev–Trinajstić information content (AvgIpc) is 3.01. The first-order valence-electron chi connectivity index (χ1n) is 18.5. The molecular formula is C34H74O4S3Si2. The zero-order chi connectivity index (χ0) is 31.7. The van der Waals surface area contributed by atoms with E-state index in [4.69, 9.17) is 18.9 Å². The lowest BCUT2D eigenvalue weighted by Gasteiger charge is -2.35. The molecule has 0 bridgehead atoms.